The van der Waals surface area contributed by atoms with Crippen molar-refractivity contribution >= 4 is 22.2 Å². The van der Waals surface area contributed by atoms with Crippen LogP contribution in [0.2, 0.25) is 0 Å². The van der Waals surface area contributed by atoms with Gasteiger partial charge in [-0.2, -0.15) is 0 Å². The van der Waals surface area contributed by atoms with Crippen molar-refractivity contribution in [1.82, 2.24) is 29.5 Å². The maximum atomic E-state index is 12.9. The van der Waals surface area contributed by atoms with Crippen LogP contribution in [0.15, 0.2) is 47.5 Å². The number of benzene rings is 1. The number of aromatic nitrogens is 5. The normalized spacial score (nSPS) is 13.7. The molecule has 5 rings (SSSR count). The number of nitrogens with zero attached hydrogens (tertiary/aromatic N) is 5. The second-order valence-electron chi connectivity index (χ2n) is 7.67. The number of amides is 1. The van der Waals surface area contributed by atoms with Gasteiger partial charge in [0.2, 0.25) is 0 Å². The summed E-state index contributed by atoms with van der Waals surface area (Å²) in [5.74, 6) is 1.24. The summed E-state index contributed by atoms with van der Waals surface area (Å²) in [4.78, 5) is 31.6. The molecule has 4 heterocycles. The van der Waals surface area contributed by atoms with Crippen molar-refractivity contribution in [3.05, 3.63) is 80.7 Å². The minimum Gasteiger partial charge on any atom is -0.345 e. The average Bonchev–Trinajstić information content (AvgIpc) is 3.29. The monoisotopic (exact) mass is 434 g/mol. The lowest BCUT2D eigenvalue weighted by Crippen LogP contribution is -2.31. The van der Waals surface area contributed by atoms with Crippen LogP contribution >= 0.6 is 11.3 Å². The molecular formula is C22H22N6O2S. The second-order valence-corrected chi connectivity index (χ2v) is 8.76. The first-order valence-electron chi connectivity index (χ1n) is 10.4. The Kier molecular flexibility index (Phi) is 5.33. The highest BCUT2D eigenvalue weighted by atomic mass is 32.1. The number of fused-ring (bicyclic) bond motifs is 2. The van der Waals surface area contributed by atoms with Crippen LogP contribution in [-0.2, 0) is 25.9 Å². The molecule has 0 fully saturated rings. The van der Waals surface area contributed by atoms with E-state index in [2.05, 4.69) is 25.1 Å². The van der Waals surface area contributed by atoms with Crippen LogP contribution in [0.3, 0.4) is 0 Å². The predicted octanol–water partition coefficient (Wildman–Crippen LogP) is 2.59. The molecule has 0 aliphatic carbocycles. The molecule has 4 aromatic rings. The minimum atomic E-state index is -0.450. The zero-order chi connectivity index (χ0) is 21.2. The number of nitrogens with one attached hydrogen (secondary N) is 1. The molecule has 0 saturated heterocycles. The lowest BCUT2D eigenvalue weighted by molar-refractivity contribution is 0.0947. The Morgan fingerprint density at radius 2 is 2.00 bits per heavy atom. The number of rotatable bonds is 5. The van der Waals surface area contributed by atoms with Gasteiger partial charge in [-0.15, -0.1) is 21.5 Å². The van der Waals surface area contributed by atoms with Gasteiger partial charge < -0.3 is 9.88 Å². The molecule has 1 aliphatic heterocycles. The van der Waals surface area contributed by atoms with Gasteiger partial charge in [0.25, 0.3) is 11.5 Å². The zero-order valence-electron chi connectivity index (χ0n) is 17.0. The smallest absolute Gasteiger partial charge is 0.271 e. The first kappa shape index (κ1) is 19.6. The largest absolute Gasteiger partial charge is 0.345 e. The molecule has 31 heavy (non-hydrogen) atoms. The van der Waals surface area contributed by atoms with Crippen LogP contribution in [0.4, 0.5) is 0 Å². The summed E-state index contributed by atoms with van der Waals surface area (Å²) in [6, 6.07) is 10.0. The molecular weight excluding hydrogens is 412 g/mol. The van der Waals surface area contributed by atoms with Crippen LogP contribution in [0.25, 0.3) is 4.96 Å². The van der Waals surface area contributed by atoms with Gasteiger partial charge in [0.1, 0.15) is 11.4 Å². The molecule has 158 valence electrons. The molecule has 9 heteroatoms. The van der Waals surface area contributed by atoms with Crippen molar-refractivity contribution in [2.75, 3.05) is 0 Å². The maximum absolute atomic E-state index is 12.9. The van der Waals surface area contributed by atoms with Gasteiger partial charge in [-0.25, -0.2) is 4.98 Å². The first-order valence-corrected chi connectivity index (χ1v) is 11.2. The molecule has 0 saturated carbocycles. The van der Waals surface area contributed by atoms with E-state index in [9.17, 15) is 9.59 Å². The fraction of sp³-hybridized carbons (Fsp3) is 0.318. The molecule has 0 spiro atoms. The Bertz CT molecular complexity index is 1290. The first-order chi connectivity index (χ1) is 15.2. The molecule has 1 amide bonds. The summed E-state index contributed by atoms with van der Waals surface area (Å²) < 4.78 is 3.54. The molecule has 3 aromatic heterocycles. The van der Waals surface area contributed by atoms with Gasteiger partial charge in [0.15, 0.2) is 10.8 Å². The minimum absolute atomic E-state index is 0.0252. The number of hydrogen-bond donors (Lipinski definition) is 1. The maximum Gasteiger partial charge on any atom is 0.271 e. The Labute approximate surface area is 182 Å². The van der Waals surface area contributed by atoms with E-state index in [1.54, 1.807) is 6.20 Å². The van der Waals surface area contributed by atoms with Crippen LogP contribution < -0.4 is 10.9 Å². The van der Waals surface area contributed by atoms with E-state index in [4.69, 9.17) is 0 Å². The Morgan fingerprint density at radius 3 is 2.87 bits per heavy atom. The van der Waals surface area contributed by atoms with Crippen molar-refractivity contribution < 1.29 is 4.79 Å². The number of aryl methyl sites for hydroxylation is 1. The van der Waals surface area contributed by atoms with Crippen LogP contribution in [0, 0.1) is 0 Å². The number of carbonyl (C=O) groups excluding carboxylic acids is 1. The topological polar surface area (TPSA) is 94.2 Å². The Morgan fingerprint density at radius 1 is 1.13 bits per heavy atom. The van der Waals surface area contributed by atoms with Gasteiger partial charge in [0, 0.05) is 36.7 Å². The van der Waals surface area contributed by atoms with Crippen molar-refractivity contribution in [2.45, 2.75) is 45.2 Å². The van der Waals surface area contributed by atoms with Crippen LogP contribution in [0.1, 0.15) is 51.7 Å². The number of thiazole rings is 1. The summed E-state index contributed by atoms with van der Waals surface area (Å²) >= 11 is 1.45. The van der Waals surface area contributed by atoms with Gasteiger partial charge in [-0.05, 0) is 18.4 Å². The standard InChI is InChI=1S/C22H22N6O2S/c29-20(23-13-19-26-25-18-9-5-2-6-10-27(18)19)17-12-24-22-28(21(17)30)14-16(31-22)11-15-7-3-1-4-8-15/h1,3-4,7-8,12,14H,2,5-6,9-11,13H2,(H,23,29). The van der Waals surface area contributed by atoms with E-state index in [0.29, 0.717) is 11.4 Å². The highest BCUT2D eigenvalue weighted by Gasteiger charge is 2.18. The molecule has 0 unspecified atom stereocenters. The molecule has 1 N–H and O–H groups in total. The van der Waals surface area contributed by atoms with E-state index in [1.165, 1.54) is 28.4 Å². The van der Waals surface area contributed by atoms with E-state index >= 15 is 0 Å². The van der Waals surface area contributed by atoms with Crippen LogP contribution in [-0.4, -0.2) is 30.1 Å². The zero-order valence-corrected chi connectivity index (χ0v) is 17.8. The van der Waals surface area contributed by atoms with Crippen LogP contribution in [0.5, 0.6) is 0 Å². The Balaban J connectivity index is 1.34. The lowest BCUT2D eigenvalue weighted by atomic mass is 10.1. The third-order valence-electron chi connectivity index (χ3n) is 5.51. The third-order valence-corrected chi connectivity index (χ3v) is 6.51. The number of carbonyl (C=O) groups is 1. The summed E-state index contributed by atoms with van der Waals surface area (Å²) in [5, 5.41) is 11.3. The summed E-state index contributed by atoms with van der Waals surface area (Å²) in [6.07, 6.45) is 8.12. The fourth-order valence-electron chi connectivity index (χ4n) is 3.90. The molecule has 0 bridgehead atoms. The van der Waals surface area contributed by atoms with E-state index in [-0.39, 0.29) is 17.7 Å². The van der Waals surface area contributed by atoms with E-state index in [0.717, 1.165) is 47.9 Å². The second kappa shape index (κ2) is 8.43. The highest BCUT2D eigenvalue weighted by molar-refractivity contribution is 7.17. The van der Waals surface area contributed by atoms with Gasteiger partial charge in [-0.3, -0.25) is 14.0 Å². The molecule has 1 aromatic carbocycles. The lowest BCUT2D eigenvalue weighted by Gasteiger charge is -2.08. The molecule has 8 nitrogen and oxygen atoms in total. The number of hydrogen-bond acceptors (Lipinski definition) is 6. The van der Waals surface area contributed by atoms with Crippen molar-refractivity contribution in [3.63, 3.8) is 0 Å². The quantitative estimate of drug-likeness (QED) is 0.521. The van der Waals surface area contributed by atoms with Gasteiger partial charge in [-0.1, -0.05) is 36.8 Å². The van der Waals surface area contributed by atoms with E-state index < -0.39 is 5.91 Å². The van der Waals surface area contributed by atoms with Crippen molar-refractivity contribution in [3.8, 4) is 0 Å². The SMILES string of the molecule is O=C(NCc1nnc2n1CCCCC2)c1cnc2sc(Cc3ccccc3)cn2c1=O. The van der Waals surface area contributed by atoms with E-state index in [1.807, 2.05) is 30.3 Å². The fourth-order valence-corrected chi connectivity index (χ4v) is 4.87. The average molecular weight is 435 g/mol. The highest BCUT2D eigenvalue weighted by Crippen LogP contribution is 2.18. The molecule has 0 radical (unpaired) electrons. The summed E-state index contributed by atoms with van der Waals surface area (Å²) in [7, 11) is 0. The van der Waals surface area contributed by atoms with Gasteiger partial charge >= 0.3 is 0 Å². The van der Waals surface area contributed by atoms with Gasteiger partial charge in [0.05, 0.1) is 6.54 Å². The predicted molar refractivity (Wildman–Crippen MR) is 117 cm³/mol. The van der Waals surface area contributed by atoms with Crippen molar-refractivity contribution in [2.24, 2.45) is 0 Å². The summed E-state index contributed by atoms with van der Waals surface area (Å²) in [6.45, 7) is 1.10. The Hall–Kier alpha value is -3.33. The molecule has 0 atom stereocenters. The molecule has 1 aliphatic rings. The summed E-state index contributed by atoms with van der Waals surface area (Å²) in [5.41, 5.74) is 0.822. The third kappa shape index (κ3) is 4.00. The van der Waals surface area contributed by atoms with Crippen molar-refractivity contribution in [1.29, 1.82) is 0 Å².